The fourth-order valence-corrected chi connectivity index (χ4v) is 5.40. The average molecular weight is 383 g/mol. The Balaban J connectivity index is 1.58. The molecule has 0 amide bonds. The molecule has 0 aromatic rings. The second-order valence-electron chi connectivity index (χ2n) is 8.64. The Morgan fingerprint density at radius 3 is 2.63 bits per heavy atom. The van der Waals surface area contributed by atoms with E-state index >= 15 is 0 Å². The van der Waals surface area contributed by atoms with Crippen LogP contribution in [-0.4, -0.2) is 35.9 Å². The molecule has 0 aromatic carbocycles. The number of ether oxygens (including phenoxy) is 3. The normalized spacial score (nSPS) is 48.4. The lowest BCUT2D eigenvalue weighted by molar-refractivity contribution is -0.576. The first-order valence-electron chi connectivity index (χ1n) is 9.84. The van der Waals surface area contributed by atoms with Crippen molar-refractivity contribution in [1.82, 2.24) is 0 Å². The molecule has 2 bridgehead atoms. The maximum atomic E-state index is 12.0. The minimum atomic E-state index is -1.28. The van der Waals surface area contributed by atoms with Crippen LogP contribution in [0.15, 0.2) is 0 Å². The number of rotatable bonds is 4. The topological polar surface area (TPSA) is 103 Å². The number of carboxylic acid groups (broad SMARTS) is 1. The summed E-state index contributed by atoms with van der Waals surface area (Å²) in [5.74, 6) is -2.17. The molecule has 5 aliphatic rings. The van der Waals surface area contributed by atoms with Gasteiger partial charge in [0.25, 0.3) is 0 Å². The van der Waals surface area contributed by atoms with Gasteiger partial charge in [-0.25, -0.2) is 9.78 Å². The van der Waals surface area contributed by atoms with E-state index in [1.807, 2.05) is 13.8 Å². The molecule has 0 aromatic heterocycles. The number of carbonyl (C=O) groups excluding carboxylic acids is 2. The van der Waals surface area contributed by atoms with Crippen LogP contribution in [0, 0.1) is 23.7 Å². The molecule has 4 heterocycles. The largest absolute Gasteiger partial charge is 0.550 e. The second-order valence-corrected chi connectivity index (χ2v) is 8.64. The van der Waals surface area contributed by atoms with Gasteiger partial charge in [-0.05, 0) is 44.4 Å². The van der Waals surface area contributed by atoms with E-state index in [1.54, 1.807) is 0 Å². The summed E-state index contributed by atoms with van der Waals surface area (Å²) in [5.41, 5.74) is -0.707. The fourth-order valence-electron chi connectivity index (χ4n) is 5.40. The molecule has 8 heteroatoms. The predicted molar refractivity (Wildman–Crippen MR) is 87.2 cm³/mol. The Morgan fingerprint density at radius 1 is 1.11 bits per heavy atom. The van der Waals surface area contributed by atoms with Crippen LogP contribution in [0.25, 0.3) is 0 Å². The van der Waals surface area contributed by atoms with Gasteiger partial charge < -0.3 is 24.1 Å². The van der Waals surface area contributed by atoms with Crippen LogP contribution in [0.2, 0.25) is 0 Å². The zero-order valence-electron chi connectivity index (χ0n) is 16.0. The molecule has 4 saturated heterocycles. The summed E-state index contributed by atoms with van der Waals surface area (Å²) in [6.45, 7) is 6.04. The van der Waals surface area contributed by atoms with Gasteiger partial charge in [-0.15, -0.1) is 0 Å². The molecular formula is C19H27O8-. The third kappa shape index (κ3) is 3.06. The first-order chi connectivity index (χ1) is 12.7. The smallest absolute Gasteiger partial charge is 0.308 e. The second kappa shape index (κ2) is 6.69. The van der Waals surface area contributed by atoms with E-state index in [1.165, 1.54) is 0 Å². The summed E-state index contributed by atoms with van der Waals surface area (Å²) < 4.78 is 17.7. The first-order valence-corrected chi connectivity index (χ1v) is 9.84. The van der Waals surface area contributed by atoms with E-state index < -0.39 is 35.9 Å². The Labute approximate surface area is 158 Å². The Hall–Kier alpha value is -1.22. The maximum absolute atomic E-state index is 12.0. The summed E-state index contributed by atoms with van der Waals surface area (Å²) in [7, 11) is 0. The van der Waals surface area contributed by atoms with E-state index in [4.69, 9.17) is 24.0 Å². The molecule has 1 spiro atoms. The molecule has 1 aliphatic carbocycles. The minimum absolute atomic E-state index is 0.0547. The van der Waals surface area contributed by atoms with Gasteiger partial charge in [0.15, 0.2) is 11.9 Å². The summed E-state index contributed by atoms with van der Waals surface area (Å²) in [6.07, 6.45) is 1.48. The average Bonchev–Trinajstić information content (AvgIpc) is 2.84. The highest BCUT2D eigenvalue weighted by molar-refractivity contribution is 5.75. The molecule has 1 saturated carbocycles. The Bertz CT molecular complexity index is 623. The van der Waals surface area contributed by atoms with Crippen LogP contribution in [0.1, 0.15) is 59.3 Å². The number of hydrogen-bond acceptors (Lipinski definition) is 8. The highest BCUT2D eigenvalue weighted by atomic mass is 17.3. The van der Waals surface area contributed by atoms with E-state index in [2.05, 4.69) is 6.92 Å². The van der Waals surface area contributed by atoms with Gasteiger partial charge in [0.05, 0.1) is 6.42 Å². The summed E-state index contributed by atoms with van der Waals surface area (Å²) in [4.78, 5) is 34.4. The van der Waals surface area contributed by atoms with Crippen molar-refractivity contribution in [2.75, 3.05) is 0 Å². The van der Waals surface area contributed by atoms with E-state index in [0.717, 1.165) is 19.3 Å². The molecule has 1 unspecified atom stereocenters. The van der Waals surface area contributed by atoms with E-state index in [9.17, 15) is 14.7 Å². The molecule has 152 valence electrons. The third-order valence-electron chi connectivity index (χ3n) is 6.88. The van der Waals surface area contributed by atoms with Gasteiger partial charge in [-0.3, -0.25) is 4.79 Å². The van der Waals surface area contributed by atoms with Crippen molar-refractivity contribution < 1.29 is 38.7 Å². The standard InChI is InChI=1S/C19H28O8/c1-10-4-5-13-11(2)16(23-15(22)7-6-14(20)21)24-17-19(13)12(10)8-9-18(3,25-17)26-27-19/h10-13,16-17H,4-9H2,1-3H3,(H,20,21)/p-1/t10-,11-,12?,13+,16+,17-,18+,19-/m1/s1. The number of carboxylic acids is 1. The molecule has 27 heavy (non-hydrogen) atoms. The van der Waals surface area contributed by atoms with Gasteiger partial charge in [-0.1, -0.05) is 13.8 Å². The zero-order valence-corrected chi connectivity index (χ0v) is 16.0. The van der Waals surface area contributed by atoms with Crippen LogP contribution < -0.4 is 5.11 Å². The van der Waals surface area contributed by atoms with Crippen molar-refractivity contribution in [1.29, 1.82) is 0 Å². The number of fused-ring (bicyclic) bond motifs is 2. The molecule has 0 radical (unpaired) electrons. The Morgan fingerprint density at radius 2 is 1.89 bits per heavy atom. The Kier molecular flexibility index (Phi) is 4.73. The summed E-state index contributed by atoms with van der Waals surface area (Å²) in [5, 5.41) is 10.6. The lowest BCUT2D eigenvalue weighted by atomic mass is 9.58. The van der Waals surface area contributed by atoms with Gasteiger partial charge in [0, 0.05) is 24.2 Å². The monoisotopic (exact) mass is 383 g/mol. The van der Waals surface area contributed by atoms with Crippen molar-refractivity contribution in [3.05, 3.63) is 0 Å². The van der Waals surface area contributed by atoms with Crippen LogP contribution in [0.5, 0.6) is 0 Å². The molecule has 5 rings (SSSR count). The first kappa shape index (κ1) is 19.1. The number of esters is 1. The molecule has 0 N–H and O–H groups in total. The fraction of sp³-hybridized carbons (Fsp3) is 0.895. The number of hydrogen-bond donors (Lipinski definition) is 0. The lowest BCUT2D eigenvalue weighted by Crippen LogP contribution is -2.70. The highest BCUT2D eigenvalue weighted by Gasteiger charge is 2.69. The van der Waals surface area contributed by atoms with Crippen LogP contribution >= 0.6 is 0 Å². The van der Waals surface area contributed by atoms with Gasteiger partial charge in [0.1, 0.15) is 0 Å². The van der Waals surface area contributed by atoms with Crippen molar-refractivity contribution in [2.24, 2.45) is 23.7 Å². The summed E-state index contributed by atoms with van der Waals surface area (Å²) in [6, 6.07) is 0. The van der Waals surface area contributed by atoms with Crippen molar-refractivity contribution in [3.8, 4) is 0 Å². The third-order valence-corrected chi connectivity index (χ3v) is 6.88. The van der Waals surface area contributed by atoms with Crippen LogP contribution in [0.3, 0.4) is 0 Å². The minimum Gasteiger partial charge on any atom is -0.550 e. The number of carbonyl (C=O) groups is 2. The van der Waals surface area contributed by atoms with Crippen LogP contribution in [0.4, 0.5) is 0 Å². The predicted octanol–water partition coefficient (Wildman–Crippen LogP) is 1.27. The van der Waals surface area contributed by atoms with E-state index in [-0.39, 0.29) is 30.6 Å². The molecule has 4 aliphatic heterocycles. The summed E-state index contributed by atoms with van der Waals surface area (Å²) >= 11 is 0. The van der Waals surface area contributed by atoms with Crippen LogP contribution in [-0.2, 0) is 33.6 Å². The SMILES string of the molecule is C[C@H]1[C@@H](OC(=O)CCC(=O)[O-])O[C@@H]2O[C@]3(C)CCC4[C@H](C)CC[C@@H]1[C@]42OO3. The van der Waals surface area contributed by atoms with Crippen molar-refractivity contribution in [2.45, 2.75) is 83.3 Å². The van der Waals surface area contributed by atoms with Crippen molar-refractivity contribution in [3.63, 3.8) is 0 Å². The maximum Gasteiger partial charge on any atom is 0.308 e. The molecule has 8 atom stereocenters. The lowest BCUT2D eigenvalue weighted by Gasteiger charge is -2.59. The molecule has 5 fully saturated rings. The zero-order chi connectivity index (χ0) is 19.4. The highest BCUT2D eigenvalue weighted by Crippen LogP contribution is 2.60. The quantitative estimate of drug-likeness (QED) is 0.528. The molecular weight excluding hydrogens is 356 g/mol. The van der Waals surface area contributed by atoms with Crippen molar-refractivity contribution >= 4 is 11.9 Å². The van der Waals surface area contributed by atoms with Gasteiger partial charge in [0.2, 0.25) is 12.1 Å². The number of aliphatic carboxylic acids is 1. The van der Waals surface area contributed by atoms with Gasteiger partial charge in [-0.2, -0.15) is 0 Å². The molecule has 8 nitrogen and oxygen atoms in total. The van der Waals surface area contributed by atoms with Gasteiger partial charge >= 0.3 is 5.97 Å². The van der Waals surface area contributed by atoms with E-state index in [0.29, 0.717) is 12.3 Å².